The van der Waals surface area contributed by atoms with Gasteiger partial charge in [-0.15, -0.1) is 0 Å². The van der Waals surface area contributed by atoms with Crippen molar-refractivity contribution in [1.82, 2.24) is 4.98 Å². The fraction of sp³-hybridized carbons (Fsp3) is 0.333. The lowest BCUT2D eigenvalue weighted by Crippen LogP contribution is -2.22. The molecule has 1 aromatic heterocycles. The number of aromatic nitrogens is 1. The molecule has 0 atom stereocenters. The second-order valence-electron chi connectivity index (χ2n) is 6.25. The quantitative estimate of drug-likeness (QED) is 0.726. The molecule has 1 amide bonds. The summed E-state index contributed by atoms with van der Waals surface area (Å²) >= 11 is 12.0. The Hall–Kier alpha value is -1.82. The van der Waals surface area contributed by atoms with Crippen molar-refractivity contribution in [3.05, 3.63) is 52.1 Å². The van der Waals surface area contributed by atoms with E-state index in [0.29, 0.717) is 40.4 Å². The van der Waals surface area contributed by atoms with Crippen LogP contribution in [0.5, 0.6) is 5.88 Å². The van der Waals surface area contributed by atoms with E-state index in [1.165, 1.54) is 6.20 Å². The van der Waals surface area contributed by atoms with Gasteiger partial charge in [-0.2, -0.15) is 0 Å². The average Bonchev–Trinajstić information content (AvgIpc) is 2.55. The van der Waals surface area contributed by atoms with Crippen LogP contribution in [0.1, 0.15) is 31.1 Å². The number of nitrogens with one attached hydrogen (secondary N) is 1. The Morgan fingerprint density at radius 1 is 1.16 bits per heavy atom. The maximum absolute atomic E-state index is 12.2. The van der Waals surface area contributed by atoms with Crippen molar-refractivity contribution in [1.29, 1.82) is 0 Å². The van der Waals surface area contributed by atoms with Gasteiger partial charge in [-0.3, -0.25) is 4.79 Å². The lowest BCUT2D eigenvalue weighted by molar-refractivity contribution is -0.0168. The minimum atomic E-state index is -0.334. The number of ether oxygens (including phenoxy) is 2. The molecule has 0 fully saturated rings. The Morgan fingerprint density at radius 2 is 1.92 bits per heavy atom. The van der Waals surface area contributed by atoms with Gasteiger partial charge in [0.05, 0.1) is 33.5 Å². The molecule has 5 nitrogen and oxygen atoms in total. The van der Waals surface area contributed by atoms with E-state index in [0.717, 1.165) is 0 Å². The monoisotopic (exact) mass is 382 g/mol. The molecule has 0 aliphatic carbocycles. The highest BCUT2D eigenvalue weighted by Crippen LogP contribution is 2.29. The number of hydrogen-bond acceptors (Lipinski definition) is 4. The molecule has 25 heavy (non-hydrogen) atoms. The molecule has 0 saturated carbocycles. The van der Waals surface area contributed by atoms with Gasteiger partial charge in [-0.25, -0.2) is 4.98 Å². The van der Waals surface area contributed by atoms with Gasteiger partial charge in [0.25, 0.3) is 5.91 Å². The third-order valence-electron chi connectivity index (χ3n) is 3.07. The van der Waals surface area contributed by atoms with Gasteiger partial charge in [0, 0.05) is 12.3 Å². The number of halogens is 2. The second-order valence-corrected chi connectivity index (χ2v) is 7.04. The first-order valence-electron chi connectivity index (χ1n) is 7.74. The first-order valence-corrected chi connectivity index (χ1v) is 8.50. The Morgan fingerprint density at radius 3 is 2.56 bits per heavy atom. The average molecular weight is 383 g/mol. The Balaban J connectivity index is 1.91. The zero-order valence-corrected chi connectivity index (χ0v) is 15.8. The molecule has 1 aromatic carbocycles. The summed E-state index contributed by atoms with van der Waals surface area (Å²) in [5, 5.41) is 3.37. The molecular formula is C18H20Cl2N2O3. The van der Waals surface area contributed by atoms with E-state index in [4.69, 9.17) is 32.7 Å². The molecule has 0 saturated heterocycles. The highest BCUT2D eigenvalue weighted by Gasteiger charge is 2.12. The zero-order valence-electron chi connectivity index (χ0n) is 14.3. The van der Waals surface area contributed by atoms with Crippen LogP contribution in [0.4, 0.5) is 5.69 Å². The summed E-state index contributed by atoms with van der Waals surface area (Å²) in [7, 11) is 0. The van der Waals surface area contributed by atoms with Crippen molar-refractivity contribution >= 4 is 34.8 Å². The lowest BCUT2D eigenvalue weighted by Gasteiger charge is -2.19. The van der Waals surface area contributed by atoms with E-state index < -0.39 is 0 Å². The van der Waals surface area contributed by atoms with E-state index in [1.54, 1.807) is 30.3 Å². The van der Waals surface area contributed by atoms with E-state index in [9.17, 15) is 4.79 Å². The number of carbonyl (C=O) groups excluding carboxylic acids is 1. The van der Waals surface area contributed by atoms with Crippen molar-refractivity contribution in [3.8, 4) is 5.88 Å². The predicted octanol–water partition coefficient (Wildman–Crippen LogP) is 4.83. The fourth-order valence-electron chi connectivity index (χ4n) is 1.89. The van der Waals surface area contributed by atoms with Gasteiger partial charge < -0.3 is 14.8 Å². The molecule has 134 valence electrons. The third-order valence-corrected chi connectivity index (χ3v) is 3.89. The van der Waals surface area contributed by atoms with E-state index >= 15 is 0 Å². The highest BCUT2D eigenvalue weighted by molar-refractivity contribution is 6.44. The van der Waals surface area contributed by atoms with Crippen LogP contribution in [-0.2, 0) is 4.74 Å². The van der Waals surface area contributed by atoms with Gasteiger partial charge >= 0.3 is 0 Å². The molecule has 7 heteroatoms. The van der Waals surface area contributed by atoms with Crippen molar-refractivity contribution < 1.29 is 14.3 Å². The normalized spacial score (nSPS) is 11.2. The van der Waals surface area contributed by atoms with Crippen LogP contribution in [0.25, 0.3) is 0 Å². The van der Waals surface area contributed by atoms with Gasteiger partial charge in [-0.1, -0.05) is 29.3 Å². The summed E-state index contributed by atoms with van der Waals surface area (Å²) in [5.41, 5.74) is 0.619. The van der Waals surface area contributed by atoms with E-state index in [2.05, 4.69) is 10.3 Å². The maximum atomic E-state index is 12.2. The van der Waals surface area contributed by atoms with Crippen LogP contribution in [0, 0.1) is 0 Å². The fourth-order valence-corrected chi connectivity index (χ4v) is 2.24. The topological polar surface area (TPSA) is 60.5 Å². The summed E-state index contributed by atoms with van der Waals surface area (Å²) < 4.78 is 11.0. The van der Waals surface area contributed by atoms with Gasteiger partial charge in [0.1, 0.15) is 6.61 Å². The third kappa shape index (κ3) is 6.20. The Labute approximate surface area is 157 Å². The summed E-state index contributed by atoms with van der Waals surface area (Å²) in [6.45, 7) is 6.77. The number of rotatable bonds is 6. The zero-order chi connectivity index (χ0) is 18.4. The number of nitrogens with zero attached hydrogens (tertiary/aromatic N) is 1. The molecule has 1 N–H and O–H groups in total. The van der Waals surface area contributed by atoms with Crippen molar-refractivity contribution in [3.63, 3.8) is 0 Å². The van der Waals surface area contributed by atoms with Crippen LogP contribution in [-0.4, -0.2) is 29.7 Å². The van der Waals surface area contributed by atoms with Crippen LogP contribution in [0.2, 0.25) is 10.0 Å². The van der Waals surface area contributed by atoms with Crippen LogP contribution < -0.4 is 10.1 Å². The molecule has 0 aliphatic rings. The molecule has 1 heterocycles. The SMILES string of the molecule is CC(C)(C)OCCOc1ccc(C(=O)Nc2cccc(Cl)c2Cl)cn1. The number of benzene rings is 1. The number of carbonyl (C=O) groups is 1. The summed E-state index contributed by atoms with van der Waals surface area (Å²) in [6.07, 6.45) is 1.44. The lowest BCUT2D eigenvalue weighted by atomic mass is 10.2. The number of pyridine rings is 1. The van der Waals surface area contributed by atoms with Crippen molar-refractivity contribution in [2.45, 2.75) is 26.4 Å². The van der Waals surface area contributed by atoms with E-state index in [-0.39, 0.29) is 11.5 Å². The number of anilines is 1. The summed E-state index contributed by atoms with van der Waals surface area (Å²) in [5.74, 6) is 0.0918. The maximum Gasteiger partial charge on any atom is 0.257 e. The molecule has 2 aromatic rings. The van der Waals surface area contributed by atoms with Gasteiger partial charge in [-0.05, 0) is 39.0 Å². The van der Waals surface area contributed by atoms with E-state index in [1.807, 2.05) is 20.8 Å². The highest BCUT2D eigenvalue weighted by atomic mass is 35.5. The largest absolute Gasteiger partial charge is 0.475 e. The minimum Gasteiger partial charge on any atom is -0.475 e. The van der Waals surface area contributed by atoms with Gasteiger partial charge in [0.15, 0.2) is 0 Å². The van der Waals surface area contributed by atoms with Crippen molar-refractivity contribution in [2.75, 3.05) is 18.5 Å². The molecule has 0 radical (unpaired) electrons. The first kappa shape index (κ1) is 19.5. The summed E-state index contributed by atoms with van der Waals surface area (Å²) in [4.78, 5) is 16.4. The van der Waals surface area contributed by atoms with Gasteiger partial charge in [0.2, 0.25) is 5.88 Å². The summed E-state index contributed by atoms with van der Waals surface area (Å²) in [6, 6.07) is 8.29. The number of amides is 1. The number of hydrogen-bond donors (Lipinski definition) is 1. The van der Waals surface area contributed by atoms with Crippen molar-refractivity contribution in [2.24, 2.45) is 0 Å². The molecule has 0 unspecified atom stereocenters. The Bertz CT molecular complexity index is 728. The molecular weight excluding hydrogens is 363 g/mol. The smallest absolute Gasteiger partial charge is 0.257 e. The molecule has 0 aliphatic heterocycles. The molecule has 0 bridgehead atoms. The molecule has 2 rings (SSSR count). The Kier molecular flexibility index (Phi) is 6.64. The van der Waals surface area contributed by atoms with Crippen LogP contribution in [0.3, 0.4) is 0 Å². The second kappa shape index (κ2) is 8.52. The standard InChI is InChI=1S/C18H20Cl2N2O3/c1-18(2,3)25-10-9-24-15-8-7-12(11-21-15)17(23)22-14-6-4-5-13(19)16(14)20/h4-8,11H,9-10H2,1-3H3,(H,22,23). The van der Waals surface area contributed by atoms with Crippen LogP contribution >= 0.6 is 23.2 Å². The predicted molar refractivity (Wildman–Crippen MR) is 99.9 cm³/mol. The van der Waals surface area contributed by atoms with Crippen LogP contribution in [0.15, 0.2) is 36.5 Å². The minimum absolute atomic E-state index is 0.208. The molecule has 0 spiro atoms. The first-order chi connectivity index (χ1) is 11.8.